The van der Waals surface area contributed by atoms with Gasteiger partial charge in [-0.2, -0.15) is 0 Å². The summed E-state index contributed by atoms with van der Waals surface area (Å²) in [7, 11) is 0. The summed E-state index contributed by atoms with van der Waals surface area (Å²) >= 11 is 5.95. The van der Waals surface area contributed by atoms with E-state index in [-0.39, 0.29) is 18.4 Å². The minimum atomic E-state index is -0.181. The lowest BCUT2D eigenvalue weighted by Crippen LogP contribution is -2.43. The molecule has 1 aromatic carbocycles. The third kappa shape index (κ3) is 5.54. The lowest BCUT2D eigenvalue weighted by Gasteiger charge is -2.32. The average Bonchev–Trinajstić information content (AvgIpc) is 2.68. The van der Waals surface area contributed by atoms with Gasteiger partial charge in [-0.15, -0.1) is 0 Å². The zero-order chi connectivity index (χ0) is 19.2. The van der Waals surface area contributed by atoms with Crippen LogP contribution in [0.15, 0.2) is 42.5 Å². The van der Waals surface area contributed by atoms with Crippen molar-refractivity contribution in [1.82, 2.24) is 15.2 Å². The van der Waals surface area contributed by atoms with Gasteiger partial charge in [-0.25, -0.2) is 0 Å². The molecule has 5 nitrogen and oxygen atoms in total. The minimum Gasteiger partial charge on any atom is -0.347 e. The van der Waals surface area contributed by atoms with Crippen LogP contribution in [0.1, 0.15) is 42.6 Å². The number of aromatic nitrogens is 1. The second-order valence-corrected chi connectivity index (χ2v) is 7.36. The van der Waals surface area contributed by atoms with Gasteiger partial charge in [0.25, 0.3) is 0 Å². The van der Waals surface area contributed by atoms with Crippen molar-refractivity contribution in [3.63, 3.8) is 0 Å². The molecule has 0 radical (unpaired) electrons. The number of nitrogens with one attached hydrogen (secondary N) is 1. The normalized spacial score (nSPS) is 14.8. The molecule has 1 N–H and O–H groups in total. The van der Waals surface area contributed by atoms with Crippen LogP contribution in [0.4, 0.5) is 0 Å². The van der Waals surface area contributed by atoms with Crippen molar-refractivity contribution in [1.29, 1.82) is 0 Å². The zero-order valence-corrected chi connectivity index (χ0v) is 16.2. The largest absolute Gasteiger partial charge is 0.347 e. The summed E-state index contributed by atoms with van der Waals surface area (Å²) in [5, 5.41) is 3.31. The fraction of sp³-hybridized carbons (Fsp3) is 0.381. The van der Waals surface area contributed by atoms with Crippen LogP contribution in [0, 0.1) is 0 Å². The maximum Gasteiger partial charge on any atom is 0.241 e. The lowest BCUT2D eigenvalue weighted by molar-refractivity contribution is -0.133. The summed E-state index contributed by atoms with van der Waals surface area (Å²) in [4.78, 5) is 29.7. The first-order chi connectivity index (χ1) is 13.0. The molecular formula is C21H24ClN3O2. The Morgan fingerprint density at radius 2 is 1.85 bits per heavy atom. The number of halogens is 1. The van der Waals surface area contributed by atoms with Gasteiger partial charge in [-0.3, -0.25) is 14.6 Å². The van der Waals surface area contributed by atoms with Crippen molar-refractivity contribution in [3.8, 4) is 0 Å². The summed E-state index contributed by atoms with van der Waals surface area (Å²) in [5.74, 6) is 0.160. The van der Waals surface area contributed by atoms with Crippen molar-refractivity contribution in [2.24, 2.45) is 0 Å². The SMILES string of the molecule is CC(=O)NCC(=O)N1CCC(c2cccc(Cc3ccc(Cl)cc3)n2)CC1. The third-order valence-electron chi connectivity index (χ3n) is 4.88. The Morgan fingerprint density at radius 3 is 2.52 bits per heavy atom. The number of rotatable bonds is 5. The van der Waals surface area contributed by atoms with E-state index in [0.29, 0.717) is 19.0 Å². The number of piperidine rings is 1. The van der Waals surface area contributed by atoms with E-state index >= 15 is 0 Å². The molecule has 142 valence electrons. The quantitative estimate of drug-likeness (QED) is 0.859. The standard InChI is InChI=1S/C21H24ClN3O2/c1-15(26)23-14-21(27)25-11-9-17(10-12-25)20-4-2-3-19(24-20)13-16-5-7-18(22)8-6-16/h2-8,17H,9-14H2,1H3,(H,23,26). The number of likely N-dealkylation sites (tertiary alicyclic amines) is 1. The van der Waals surface area contributed by atoms with Gasteiger partial charge < -0.3 is 10.2 Å². The number of benzene rings is 1. The van der Waals surface area contributed by atoms with Crippen LogP contribution >= 0.6 is 11.6 Å². The highest BCUT2D eigenvalue weighted by Crippen LogP contribution is 2.27. The monoisotopic (exact) mass is 385 g/mol. The molecule has 1 aliphatic heterocycles. The van der Waals surface area contributed by atoms with Crippen molar-refractivity contribution in [2.75, 3.05) is 19.6 Å². The number of carbonyl (C=O) groups is 2. The third-order valence-corrected chi connectivity index (χ3v) is 5.13. The molecule has 0 bridgehead atoms. The Bertz CT molecular complexity index is 799. The number of hydrogen-bond acceptors (Lipinski definition) is 3. The summed E-state index contributed by atoms with van der Waals surface area (Å²) < 4.78 is 0. The number of nitrogens with zero attached hydrogens (tertiary/aromatic N) is 2. The van der Waals surface area contributed by atoms with Gasteiger partial charge in [0.15, 0.2) is 0 Å². The Morgan fingerprint density at radius 1 is 1.15 bits per heavy atom. The van der Waals surface area contributed by atoms with E-state index in [2.05, 4.69) is 17.4 Å². The number of carbonyl (C=O) groups excluding carboxylic acids is 2. The van der Waals surface area contributed by atoms with Crippen molar-refractivity contribution in [2.45, 2.75) is 32.1 Å². The zero-order valence-electron chi connectivity index (χ0n) is 15.5. The van der Waals surface area contributed by atoms with Crippen LogP contribution < -0.4 is 5.32 Å². The number of amides is 2. The van der Waals surface area contributed by atoms with Gasteiger partial charge in [0.2, 0.25) is 11.8 Å². The van der Waals surface area contributed by atoms with E-state index in [4.69, 9.17) is 16.6 Å². The maximum absolute atomic E-state index is 12.1. The Balaban J connectivity index is 1.57. The fourth-order valence-corrected chi connectivity index (χ4v) is 3.50. The molecule has 0 unspecified atom stereocenters. The maximum atomic E-state index is 12.1. The second kappa shape index (κ2) is 9.00. The highest BCUT2D eigenvalue weighted by Gasteiger charge is 2.24. The summed E-state index contributed by atoms with van der Waals surface area (Å²) in [6.07, 6.45) is 2.56. The van der Waals surface area contributed by atoms with E-state index < -0.39 is 0 Å². The highest BCUT2D eigenvalue weighted by atomic mass is 35.5. The van der Waals surface area contributed by atoms with Crippen LogP contribution in [-0.4, -0.2) is 41.3 Å². The predicted octanol–water partition coefficient (Wildman–Crippen LogP) is 3.17. The van der Waals surface area contributed by atoms with Crippen molar-refractivity contribution >= 4 is 23.4 Å². The predicted molar refractivity (Wildman–Crippen MR) is 106 cm³/mol. The van der Waals surface area contributed by atoms with Crippen LogP contribution in [0.2, 0.25) is 5.02 Å². The first-order valence-electron chi connectivity index (χ1n) is 9.24. The first-order valence-corrected chi connectivity index (χ1v) is 9.61. The smallest absolute Gasteiger partial charge is 0.241 e. The summed E-state index contributed by atoms with van der Waals surface area (Å²) in [6.45, 7) is 2.90. The molecule has 2 amide bonds. The molecule has 0 spiro atoms. The highest BCUT2D eigenvalue weighted by molar-refractivity contribution is 6.30. The molecule has 1 aliphatic rings. The lowest BCUT2D eigenvalue weighted by atomic mass is 9.92. The Kier molecular flexibility index (Phi) is 6.45. The topological polar surface area (TPSA) is 62.3 Å². The van der Waals surface area contributed by atoms with Gasteiger partial charge in [0.1, 0.15) is 0 Å². The van der Waals surface area contributed by atoms with Crippen LogP contribution in [0.25, 0.3) is 0 Å². The van der Waals surface area contributed by atoms with Gasteiger partial charge in [-0.05, 0) is 42.7 Å². The molecule has 2 heterocycles. The molecular weight excluding hydrogens is 362 g/mol. The molecule has 1 fully saturated rings. The second-order valence-electron chi connectivity index (χ2n) is 6.92. The van der Waals surface area contributed by atoms with Crippen LogP contribution in [-0.2, 0) is 16.0 Å². The molecule has 1 aromatic heterocycles. The van der Waals surface area contributed by atoms with Crippen molar-refractivity contribution in [3.05, 3.63) is 64.4 Å². The Labute approximate surface area is 164 Å². The molecule has 2 aromatic rings. The minimum absolute atomic E-state index is 0.0203. The van der Waals surface area contributed by atoms with Gasteiger partial charge in [0.05, 0.1) is 6.54 Å². The molecule has 6 heteroatoms. The molecule has 0 saturated carbocycles. The van der Waals surface area contributed by atoms with Gasteiger partial charge in [-0.1, -0.05) is 29.8 Å². The van der Waals surface area contributed by atoms with Crippen LogP contribution in [0.5, 0.6) is 0 Å². The van der Waals surface area contributed by atoms with E-state index in [1.807, 2.05) is 35.2 Å². The summed E-state index contributed by atoms with van der Waals surface area (Å²) in [5.41, 5.74) is 3.32. The van der Waals surface area contributed by atoms with E-state index in [1.165, 1.54) is 12.5 Å². The van der Waals surface area contributed by atoms with Crippen molar-refractivity contribution < 1.29 is 9.59 Å². The number of hydrogen-bond donors (Lipinski definition) is 1. The van der Waals surface area contributed by atoms with E-state index in [9.17, 15) is 9.59 Å². The number of pyridine rings is 1. The first kappa shape index (κ1) is 19.4. The molecule has 0 atom stereocenters. The Hall–Kier alpha value is -2.40. The molecule has 1 saturated heterocycles. The molecule has 27 heavy (non-hydrogen) atoms. The molecule has 3 rings (SSSR count). The fourth-order valence-electron chi connectivity index (χ4n) is 3.37. The van der Waals surface area contributed by atoms with E-state index in [1.54, 1.807) is 0 Å². The van der Waals surface area contributed by atoms with Gasteiger partial charge in [0, 0.05) is 48.8 Å². The molecule has 0 aliphatic carbocycles. The van der Waals surface area contributed by atoms with Gasteiger partial charge >= 0.3 is 0 Å². The van der Waals surface area contributed by atoms with Crippen LogP contribution in [0.3, 0.4) is 0 Å². The van der Waals surface area contributed by atoms with E-state index in [0.717, 1.165) is 35.7 Å². The summed E-state index contributed by atoms with van der Waals surface area (Å²) in [6, 6.07) is 14.0. The average molecular weight is 386 g/mol.